The number of nitrogens with zero attached hydrogens (tertiary/aromatic N) is 3. The van der Waals surface area contributed by atoms with Crippen LogP contribution >= 0.6 is 0 Å². The molecule has 7 nitrogen and oxygen atoms in total. The number of nitrogens with one attached hydrogen (secondary N) is 1. The van der Waals surface area contributed by atoms with Gasteiger partial charge in [-0.15, -0.1) is 0 Å². The first kappa shape index (κ1) is 24.4. The van der Waals surface area contributed by atoms with Gasteiger partial charge in [-0.1, -0.05) is 24.3 Å². The Morgan fingerprint density at radius 2 is 1.84 bits per heavy atom. The maximum absolute atomic E-state index is 12.9. The third-order valence-corrected chi connectivity index (χ3v) is 6.01. The maximum atomic E-state index is 12.9. The summed E-state index contributed by atoms with van der Waals surface area (Å²) in [5, 5.41) is 13.0. The van der Waals surface area contributed by atoms with Crippen LogP contribution in [-0.2, 0) is 17.9 Å². The third-order valence-electron chi connectivity index (χ3n) is 6.01. The lowest BCUT2D eigenvalue weighted by molar-refractivity contribution is 0.00928. The standard InChI is InChI=1S/C25H40N4O3/c1-5-26-23(27-16-20-8-6-7-9-21(20)18-30)28-14-12-22(13-15-28)29(17-19-10-11-19)24(31)32-25(2,3)4/h6-9,19,22,30H,5,10-18H2,1-4H3,(H,26,27). The summed E-state index contributed by atoms with van der Waals surface area (Å²) in [5.41, 5.74) is 1.48. The highest BCUT2D eigenvalue weighted by molar-refractivity contribution is 5.80. The summed E-state index contributed by atoms with van der Waals surface area (Å²) in [6.45, 7) is 11.7. The Balaban J connectivity index is 1.63. The lowest BCUT2D eigenvalue weighted by atomic mass is 10.0. The molecule has 1 aliphatic carbocycles. The predicted octanol–water partition coefficient (Wildman–Crippen LogP) is 3.76. The summed E-state index contributed by atoms with van der Waals surface area (Å²) in [5.74, 6) is 1.52. The molecule has 2 fully saturated rings. The number of benzene rings is 1. The van der Waals surface area contributed by atoms with Crippen molar-refractivity contribution in [2.75, 3.05) is 26.2 Å². The van der Waals surface area contributed by atoms with Crippen LogP contribution in [0.4, 0.5) is 4.79 Å². The second-order valence-corrected chi connectivity index (χ2v) is 9.89. The van der Waals surface area contributed by atoms with E-state index in [9.17, 15) is 9.90 Å². The molecule has 1 aliphatic heterocycles. The number of ether oxygens (including phenoxy) is 1. The van der Waals surface area contributed by atoms with Gasteiger partial charge in [0.15, 0.2) is 5.96 Å². The van der Waals surface area contributed by atoms with Crippen molar-refractivity contribution in [1.29, 1.82) is 0 Å². The smallest absolute Gasteiger partial charge is 0.410 e. The number of piperidine rings is 1. The summed E-state index contributed by atoms with van der Waals surface area (Å²) in [4.78, 5) is 22.0. The van der Waals surface area contributed by atoms with Crippen molar-refractivity contribution in [3.63, 3.8) is 0 Å². The van der Waals surface area contributed by atoms with Gasteiger partial charge in [-0.2, -0.15) is 0 Å². The number of rotatable bonds is 7. The number of likely N-dealkylation sites (tertiary alicyclic amines) is 1. The summed E-state index contributed by atoms with van der Waals surface area (Å²) in [6.07, 6.45) is 4.06. The Kier molecular flexibility index (Phi) is 8.40. The van der Waals surface area contributed by atoms with Gasteiger partial charge in [0.05, 0.1) is 13.2 Å². The highest BCUT2D eigenvalue weighted by Gasteiger charge is 2.35. The van der Waals surface area contributed by atoms with Crippen LogP contribution in [0.3, 0.4) is 0 Å². The van der Waals surface area contributed by atoms with E-state index in [1.807, 2.05) is 49.9 Å². The van der Waals surface area contributed by atoms with Crippen LogP contribution in [0.25, 0.3) is 0 Å². The average Bonchev–Trinajstić information content (AvgIpc) is 3.58. The Bertz CT molecular complexity index is 778. The zero-order valence-corrected chi connectivity index (χ0v) is 20.1. The van der Waals surface area contributed by atoms with Gasteiger partial charge in [0, 0.05) is 32.2 Å². The first-order valence-corrected chi connectivity index (χ1v) is 12.0. The first-order chi connectivity index (χ1) is 15.3. The zero-order chi connectivity index (χ0) is 23.1. The third kappa shape index (κ3) is 7.12. The molecule has 2 aliphatic rings. The van der Waals surface area contributed by atoms with E-state index in [-0.39, 0.29) is 18.7 Å². The molecular formula is C25H40N4O3. The highest BCUT2D eigenvalue weighted by Crippen LogP contribution is 2.32. The van der Waals surface area contributed by atoms with Crippen molar-refractivity contribution < 1.29 is 14.6 Å². The number of aliphatic imine (C=N–C) groups is 1. The van der Waals surface area contributed by atoms with Gasteiger partial charge in [-0.3, -0.25) is 0 Å². The number of amides is 1. The normalized spacial score (nSPS) is 17.9. The molecule has 2 N–H and O–H groups in total. The molecule has 178 valence electrons. The van der Waals surface area contributed by atoms with Crippen LogP contribution in [0.15, 0.2) is 29.3 Å². The van der Waals surface area contributed by atoms with E-state index in [1.165, 1.54) is 12.8 Å². The number of carbonyl (C=O) groups excluding carboxylic acids is 1. The number of carbonyl (C=O) groups is 1. The number of guanidine groups is 1. The molecular weight excluding hydrogens is 404 g/mol. The Hall–Kier alpha value is -2.28. The van der Waals surface area contributed by atoms with Crippen molar-refractivity contribution in [3.05, 3.63) is 35.4 Å². The molecule has 1 heterocycles. The van der Waals surface area contributed by atoms with Gasteiger partial charge in [0.1, 0.15) is 5.60 Å². The molecule has 1 amide bonds. The van der Waals surface area contributed by atoms with Crippen LogP contribution in [0.2, 0.25) is 0 Å². The molecule has 32 heavy (non-hydrogen) atoms. The van der Waals surface area contributed by atoms with E-state index in [2.05, 4.69) is 17.1 Å². The molecule has 0 bridgehead atoms. The lowest BCUT2D eigenvalue weighted by Gasteiger charge is -2.40. The topological polar surface area (TPSA) is 77.4 Å². The molecule has 0 aromatic heterocycles. The quantitative estimate of drug-likeness (QED) is 0.495. The summed E-state index contributed by atoms with van der Waals surface area (Å²) in [6, 6.07) is 8.08. The van der Waals surface area contributed by atoms with E-state index in [1.54, 1.807) is 0 Å². The van der Waals surface area contributed by atoms with E-state index >= 15 is 0 Å². The SMILES string of the molecule is CCNC(=NCc1ccccc1CO)N1CCC(N(CC2CC2)C(=O)OC(C)(C)C)CC1. The predicted molar refractivity (Wildman–Crippen MR) is 127 cm³/mol. The maximum Gasteiger partial charge on any atom is 0.410 e. The fraction of sp³-hybridized carbons (Fsp3) is 0.680. The molecule has 1 aromatic carbocycles. The molecule has 0 unspecified atom stereocenters. The minimum absolute atomic E-state index is 0.0229. The molecule has 0 spiro atoms. The summed E-state index contributed by atoms with van der Waals surface area (Å²) < 4.78 is 5.72. The van der Waals surface area contributed by atoms with Crippen LogP contribution in [-0.4, -0.2) is 64.8 Å². The van der Waals surface area contributed by atoms with E-state index in [4.69, 9.17) is 9.73 Å². The number of aliphatic hydroxyl groups excluding tert-OH is 1. The number of hydrogen-bond acceptors (Lipinski definition) is 4. The Labute approximate surface area is 192 Å². The molecule has 1 aromatic rings. The van der Waals surface area contributed by atoms with Gasteiger partial charge < -0.3 is 25.0 Å². The van der Waals surface area contributed by atoms with Gasteiger partial charge in [0.25, 0.3) is 0 Å². The van der Waals surface area contributed by atoms with Gasteiger partial charge in [0.2, 0.25) is 0 Å². The van der Waals surface area contributed by atoms with E-state index < -0.39 is 5.60 Å². The molecule has 1 saturated heterocycles. The van der Waals surface area contributed by atoms with Gasteiger partial charge in [-0.25, -0.2) is 9.79 Å². The van der Waals surface area contributed by atoms with Crippen LogP contribution in [0.1, 0.15) is 64.5 Å². The average molecular weight is 445 g/mol. The van der Waals surface area contributed by atoms with Crippen LogP contribution in [0, 0.1) is 5.92 Å². The lowest BCUT2D eigenvalue weighted by Crippen LogP contribution is -2.52. The van der Waals surface area contributed by atoms with Crippen molar-refractivity contribution >= 4 is 12.1 Å². The number of aliphatic hydroxyl groups is 1. The minimum Gasteiger partial charge on any atom is -0.444 e. The van der Waals surface area contributed by atoms with Crippen LogP contribution < -0.4 is 5.32 Å². The van der Waals surface area contributed by atoms with Crippen LogP contribution in [0.5, 0.6) is 0 Å². The molecule has 7 heteroatoms. The van der Waals surface area contributed by atoms with E-state index in [0.29, 0.717) is 12.5 Å². The Morgan fingerprint density at radius 3 is 2.41 bits per heavy atom. The molecule has 0 atom stereocenters. The second kappa shape index (κ2) is 11.0. The van der Waals surface area contributed by atoms with Crippen molar-refractivity contribution in [2.45, 2.75) is 78.2 Å². The van der Waals surface area contributed by atoms with Crippen molar-refractivity contribution in [2.24, 2.45) is 10.9 Å². The first-order valence-electron chi connectivity index (χ1n) is 12.0. The minimum atomic E-state index is -0.477. The van der Waals surface area contributed by atoms with Gasteiger partial charge in [-0.05, 0) is 70.4 Å². The van der Waals surface area contributed by atoms with Crippen molar-refractivity contribution in [3.8, 4) is 0 Å². The molecule has 3 rings (SSSR count). The number of hydrogen-bond donors (Lipinski definition) is 2. The summed E-state index contributed by atoms with van der Waals surface area (Å²) >= 11 is 0. The molecule has 1 saturated carbocycles. The monoisotopic (exact) mass is 444 g/mol. The largest absolute Gasteiger partial charge is 0.444 e. The molecule has 0 radical (unpaired) electrons. The van der Waals surface area contributed by atoms with Crippen molar-refractivity contribution in [1.82, 2.24) is 15.1 Å². The highest BCUT2D eigenvalue weighted by atomic mass is 16.6. The zero-order valence-electron chi connectivity index (χ0n) is 20.1. The van der Waals surface area contributed by atoms with E-state index in [0.717, 1.165) is 56.1 Å². The fourth-order valence-electron chi connectivity index (χ4n) is 4.11. The second-order valence-electron chi connectivity index (χ2n) is 9.89. The Morgan fingerprint density at radius 1 is 1.19 bits per heavy atom. The summed E-state index contributed by atoms with van der Waals surface area (Å²) in [7, 11) is 0. The fourth-order valence-corrected chi connectivity index (χ4v) is 4.11. The van der Waals surface area contributed by atoms with Gasteiger partial charge >= 0.3 is 6.09 Å².